The number of nitrogens with one attached hydrogen (secondary N) is 1. The molecule has 30 heavy (non-hydrogen) atoms. The van der Waals surface area contributed by atoms with Gasteiger partial charge in [-0.3, -0.25) is 4.98 Å². The fourth-order valence-corrected chi connectivity index (χ4v) is 3.63. The molecule has 0 aliphatic rings. The normalized spacial score (nSPS) is 12.0. The van der Waals surface area contributed by atoms with Crippen molar-refractivity contribution in [1.82, 2.24) is 19.6 Å². The minimum Gasteiger partial charge on any atom is -0.493 e. The minimum absolute atomic E-state index is 0.0898. The van der Waals surface area contributed by atoms with Crippen LogP contribution in [0.4, 0.5) is 5.82 Å². The van der Waals surface area contributed by atoms with Gasteiger partial charge in [0, 0.05) is 29.7 Å². The molecule has 0 fully saturated rings. The summed E-state index contributed by atoms with van der Waals surface area (Å²) in [4.78, 5) is 8.89. The summed E-state index contributed by atoms with van der Waals surface area (Å²) in [6, 6.07) is 12.0. The quantitative estimate of drug-likeness (QED) is 0.507. The second-order valence-corrected chi connectivity index (χ2v) is 7.19. The molecule has 7 heteroatoms. The Hall–Kier alpha value is -3.61. The number of aromatic nitrogens is 4. The summed E-state index contributed by atoms with van der Waals surface area (Å²) in [7, 11) is 3.26. The molecule has 4 aromatic rings. The number of anilines is 1. The first-order chi connectivity index (χ1) is 14.5. The third-order valence-electron chi connectivity index (χ3n) is 5.13. The zero-order valence-electron chi connectivity index (χ0n) is 17.8. The Kier molecular flexibility index (Phi) is 5.27. The van der Waals surface area contributed by atoms with Crippen LogP contribution in [0.15, 0.2) is 48.8 Å². The van der Waals surface area contributed by atoms with E-state index in [9.17, 15) is 0 Å². The average molecular weight is 403 g/mol. The standard InChI is InChI=1S/C23H25N5O2/c1-14-12-21(26-15(2)17-8-10-24-11-9-17)28-23(25-14)22(16(3)27-28)18-6-7-19(29-4)20(13-18)30-5/h6-13,15,26H,1-5H3. The molecule has 0 saturated heterocycles. The Morgan fingerprint density at radius 1 is 0.967 bits per heavy atom. The van der Waals surface area contributed by atoms with E-state index in [-0.39, 0.29) is 6.04 Å². The van der Waals surface area contributed by atoms with Crippen molar-refractivity contribution in [1.29, 1.82) is 0 Å². The molecular weight excluding hydrogens is 378 g/mol. The lowest BCUT2D eigenvalue weighted by molar-refractivity contribution is 0.355. The van der Waals surface area contributed by atoms with Gasteiger partial charge in [-0.15, -0.1) is 0 Å². The van der Waals surface area contributed by atoms with Gasteiger partial charge in [0.1, 0.15) is 5.82 Å². The minimum atomic E-state index is 0.0898. The summed E-state index contributed by atoms with van der Waals surface area (Å²) < 4.78 is 12.7. The third kappa shape index (κ3) is 3.54. The van der Waals surface area contributed by atoms with E-state index in [0.29, 0.717) is 11.5 Å². The second-order valence-electron chi connectivity index (χ2n) is 7.19. The van der Waals surface area contributed by atoms with Gasteiger partial charge >= 0.3 is 0 Å². The number of nitrogens with zero attached hydrogens (tertiary/aromatic N) is 4. The van der Waals surface area contributed by atoms with Gasteiger partial charge in [-0.05, 0) is 56.2 Å². The number of fused-ring (bicyclic) bond motifs is 1. The highest BCUT2D eigenvalue weighted by Crippen LogP contribution is 2.36. The first-order valence-corrected chi connectivity index (χ1v) is 9.77. The maximum atomic E-state index is 5.49. The molecule has 7 nitrogen and oxygen atoms in total. The van der Waals surface area contributed by atoms with Crippen LogP contribution in [0.2, 0.25) is 0 Å². The van der Waals surface area contributed by atoms with Gasteiger partial charge in [-0.2, -0.15) is 9.61 Å². The molecule has 1 N–H and O–H groups in total. The van der Waals surface area contributed by atoms with E-state index in [4.69, 9.17) is 19.6 Å². The summed E-state index contributed by atoms with van der Waals surface area (Å²) in [6.07, 6.45) is 3.60. The summed E-state index contributed by atoms with van der Waals surface area (Å²) >= 11 is 0. The Balaban J connectivity index is 1.81. The first kappa shape index (κ1) is 19.7. The number of aryl methyl sites for hydroxylation is 2. The second kappa shape index (κ2) is 8.02. The lowest BCUT2D eigenvalue weighted by Gasteiger charge is -2.16. The zero-order valence-corrected chi connectivity index (χ0v) is 17.8. The Morgan fingerprint density at radius 3 is 2.40 bits per heavy atom. The van der Waals surface area contributed by atoms with E-state index in [1.54, 1.807) is 26.6 Å². The van der Waals surface area contributed by atoms with Crippen LogP contribution in [0.1, 0.15) is 29.9 Å². The predicted molar refractivity (Wildman–Crippen MR) is 117 cm³/mol. The highest BCUT2D eigenvalue weighted by molar-refractivity contribution is 5.82. The maximum absolute atomic E-state index is 5.49. The van der Waals surface area contributed by atoms with Crippen LogP contribution in [0, 0.1) is 13.8 Å². The summed E-state index contributed by atoms with van der Waals surface area (Å²) in [5.41, 5.74) is 5.69. The van der Waals surface area contributed by atoms with Crippen LogP contribution in [0.3, 0.4) is 0 Å². The number of rotatable bonds is 6. The molecule has 1 atom stereocenters. The molecule has 154 valence electrons. The fraction of sp³-hybridized carbons (Fsp3) is 0.261. The van der Waals surface area contributed by atoms with Crippen molar-refractivity contribution in [3.05, 3.63) is 65.7 Å². The van der Waals surface area contributed by atoms with Crippen LogP contribution >= 0.6 is 0 Å². The molecular formula is C23H25N5O2. The van der Waals surface area contributed by atoms with E-state index in [2.05, 4.69) is 17.2 Å². The predicted octanol–water partition coefficient (Wildman–Crippen LogP) is 4.60. The molecule has 0 amide bonds. The van der Waals surface area contributed by atoms with E-state index < -0.39 is 0 Å². The van der Waals surface area contributed by atoms with Crippen molar-refractivity contribution < 1.29 is 9.47 Å². The number of benzene rings is 1. The summed E-state index contributed by atoms with van der Waals surface area (Å²) in [5, 5.41) is 8.35. The number of hydrogen-bond donors (Lipinski definition) is 1. The molecule has 1 aromatic carbocycles. The zero-order chi connectivity index (χ0) is 21.3. The third-order valence-corrected chi connectivity index (χ3v) is 5.13. The topological polar surface area (TPSA) is 73.6 Å². The van der Waals surface area contributed by atoms with Crippen LogP contribution in [-0.2, 0) is 0 Å². The van der Waals surface area contributed by atoms with Crippen molar-refractivity contribution in [2.45, 2.75) is 26.8 Å². The van der Waals surface area contributed by atoms with Crippen molar-refractivity contribution in [2.24, 2.45) is 0 Å². The van der Waals surface area contributed by atoms with Crippen molar-refractivity contribution in [3.8, 4) is 22.6 Å². The van der Waals surface area contributed by atoms with Crippen molar-refractivity contribution in [3.63, 3.8) is 0 Å². The van der Waals surface area contributed by atoms with Crippen molar-refractivity contribution in [2.75, 3.05) is 19.5 Å². The Morgan fingerprint density at radius 2 is 1.70 bits per heavy atom. The van der Waals surface area contributed by atoms with Gasteiger partial charge in [0.15, 0.2) is 17.1 Å². The number of pyridine rings is 1. The molecule has 4 rings (SSSR count). The SMILES string of the molecule is COc1ccc(-c2c(C)nn3c(NC(C)c4ccncc4)cc(C)nc23)cc1OC. The molecule has 0 radical (unpaired) electrons. The lowest BCUT2D eigenvalue weighted by Crippen LogP contribution is -2.11. The molecule has 0 aliphatic heterocycles. The largest absolute Gasteiger partial charge is 0.493 e. The molecule has 0 aliphatic carbocycles. The van der Waals surface area contributed by atoms with Gasteiger partial charge in [-0.25, -0.2) is 4.98 Å². The van der Waals surface area contributed by atoms with Gasteiger partial charge in [-0.1, -0.05) is 6.07 Å². The molecule has 1 unspecified atom stereocenters. The molecule has 0 saturated carbocycles. The van der Waals surface area contributed by atoms with E-state index in [1.165, 1.54) is 0 Å². The van der Waals surface area contributed by atoms with Gasteiger partial charge in [0.25, 0.3) is 0 Å². The highest BCUT2D eigenvalue weighted by atomic mass is 16.5. The average Bonchev–Trinajstić information content (AvgIpc) is 3.09. The number of methoxy groups -OCH3 is 2. The number of hydrogen-bond acceptors (Lipinski definition) is 6. The van der Waals surface area contributed by atoms with Gasteiger partial charge < -0.3 is 14.8 Å². The van der Waals surface area contributed by atoms with Crippen LogP contribution < -0.4 is 14.8 Å². The molecule has 0 bridgehead atoms. The summed E-state index contributed by atoms with van der Waals surface area (Å²) in [5.74, 6) is 2.25. The van der Waals surface area contributed by atoms with Gasteiger partial charge in [0.05, 0.1) is 26.0 Å². The molecule has 0 spiro atoms. The van der Waals surface area contributed by atoms with Crippen LogP contribution in [-0.4, -0.2) is 33.8 Å². The lowest BCUT2D eigenvalue weighted by atomic mass is 10.1. The smallest absolute Gasteiger partial charge is 0.165 e. The summed E-state index contributed by atoms with van der Waals surface area (Å²) in [6.45, 7) is 6.09. The fourth-order valence-electron chi connectivity index (χ4n) is 3.63. The van der Waals surface area contributed by atoms with Gasteiger partial charge in [0.2, 0.25) is 0 Å². The van der Waals surface area contributed by atoms with E-state index >= 15 is 0 Å². The maximum Gasteiger partial charge on any atom is 0.165 e. The monoisotopic (exact) mass is 403 g/mol. The van der Waals surface area contributed by atoms with Crippen molar-refractivity contribution >= 4 is 11.5 Å². The van der Waals surface area contributed by atoms with Crippen LogP contribution in [0.5, 0.6) is 11.5 Å². The van der Waals surface area contributed by atoms with E-state index in [1.807, 2.05) is 54.8 Å². The number of ether oxygens (including phenoxy) is 2. The first-order valence-electron chi connectivity index (χ1n) is 9.77. The Bertz CT molecular complexity index is 1190. The highest BCUT2D eigenvalue weighted by Gasteiger charge is 2.18. The van der Waals surface area contributed by atoms with E-state index in [0.717, 1.165) is 39.5 Å². The molecule has 3 heterocycles. The van der Waals surface area contributed by atoms with Crippen LogP contribution in [0.25, 0.3) is 16.8 Å². The molecule has 3 aromatic heterocycles. The Labute approximate surface area is 175 Å².